The van der Waals surface area contributed by atoms with E-state index >= 15 is 0 Å². The SMILES string of the molecule is CN(C)c1cncc(O[C@@H]2CCN(C(=O)CN(C)S(C)(=O)=O)C2)n1. The molecule has 0 aliphatic carbocycles. The number of hydrogen-bond acceptors (Lipinski definition) is 7. The van der Waals surface area contributed by atoms with Gasteiger partial charge in [-0.1, -0.05) is 0 Å². The van der Waals surface area contributed by atoms with E-state index in [2.05, 4.69) is 9.97 Å². The summed E-state index contributed by atoms with van der Waals surface area (Å²) in [4.78, 5) is 24.0. The Kier molecular flexibility index (Phi) is 5.60. The molecule has 0 spiro atoms. The molecule has 0 saturated carbocycles. The first kappa shape index (κ1) is 18.4. The molecule has 1 fully saturated rings. The molecule has 134 valence electrons. The minimum atomic E-state index is -3.37. The first-order valence-electron chi connectivity index (χ1n) is 7.52. The fourth-order valence-corrected chi connectivity index (χ4v) is 2.58. The maximum atomic E-state index is 12.2. The Bertz CT molecular complexity index is 694. The molecule has 0 aromatic carbocycles. The predicted octanol–water partition coefficient (Wildman–Crippen LogP) is -0.586. The lowest BCUT2D eigenvalue weighted by Gasteiger charge is -2.20. The molecule has 1 aliphatic heterocycles. The van der Waals surface area contributed by atoms with Gasteiger partial charge in [-0.3, -0.25) is 9.78 Å². The van der Waals surface area contributed by atoms with Crippen LogP contribution >= 0.6 is 0 Å². The van der Waals surface area contributed by atoms with Gasteiger partial charge in [-0.2, -0.15) is 9.29 Å². The van der Waals surface area contributed by atoms with Crippen molar-refractivity contribution in [3.63, 3.8) is 0 Å². The topological polar surface area (TPSA) is 95.9 Å². The molecular weight excluding hydrogens is 334 g/mol. The summed E-state index contributed by atoms with van der Waals surface area (Å²) in [5.41, 5.74) is 0. The highest BCUT2D eigenvalue weighted by Crippen LogP contribution is 2.18. The maximum Gasteiger partial charge on any atom is 0.238 e. The molecule has 0 radical (unpaired) electrons. The van der Waals surface area contributed by atoms with Crippen LogP contribution < -0.4 is 9.64 Å². The van der Waals surface area contributed by atoms with E-state index in [0.717, 1.165) is 10.6 Å². The zero-order valence-electron chi connectivity index (χ0n) is 14.3. The van der Waals surface area contributed by atoms with Gasteiger partial charge < -0.3 is 14.5 Å². The summed E-state index contributed by atoms with van der Waals surface area (Å²) < 4.78 is 29.6. The largest absolute Gasteiger partial charge is 0.471 e. The van der Waals surface area contributed by atoms with Crippen LogP contribution in [0.15, 0.2) is 12.4 Å². The molecule has 0 bridgehead atoms. The Morgan fingerprint density at radius 3 is 2.71 bits per heavy atom. The zero-order chi connectivity index (χ0) is 17.9. The molecule has 1 saturated heterocycles. The summed E-state index contributed by atoms with van der Waals surface area (Å²) in [6.45, 7) is 0.772. The molecule has 1 aromatic heterocycles. The molecule has 10 heteroatoms. The van der Waals surface area contributed by atoms with Crippen LogP contribution in [-0.2, 0) is 14.8 Å². The molecule has 1 aromatic rings. The number of rotatable bonds is 6. The first-order chi connectivity index (χ1) is 11.2. The number of ether oxygens (including phenoxy) is 1. The number of anilines is 1. The minimum absolute atomic E-state index is 0.165. The first-order valence-corrected chi connectivity index (χ1v) is 9.36. The van der Waals surface area contributed by atoms with Crippen molar-refractivity contribution >= 4 is 21.7 Å². The fraction of sp³-hybridized carbons (Fsp3) is 0.643. The maximum absolute atomic E-state index is 12.2. The van der Waals surface area contributed by atoms with Gasteiger partial charge in [0.2, 0.25) is 21.8 Å². The number of hydrogen-bond donors (Lipinski definition) is 0. The van der Waals surface area contributed by atoms with Gasteiger partial charge in [0.15, 0.2) is 5.82 Å². The van der Waals surface area contributed by atoms with Crippen molar-refractivity contribution < 1.29 is 17.9 Å². The van der Waals surface area contributed by atoms with Crippen LogP contribution in [0.3, 0.4) is 0 Å². The van der Waals surface area contributed by atoms with E-state index in [1.54, 1.807) is 11.1 Å². The molecular formula is C14H23N5O4S. The van der Waals surface area contributed by atoms with Gasteiger partial charge in [0, 0.05) is 34.1 Å². The van der Waals surface area contributed by atoms with Gasteiger partial charge in [0.25, 0.3) is 0 Å². The van der Waals surface area contributed by atoms with Crippen LogP contribution in [0, 0.1) is 0 Å². The molecule has 1 aliphatic rings. The van der Waals surface area contributed by atoms with E-state index in [0.29, 0.717) is 31.2 Å². The van der Waals surface area contributed by atoms with Crippen LogP contribution in [0.4, 0.5) is 5.82 Å². The quantitative estimate of drug-likeness (QED) is 0.672. The Morgan fingerprint density at radius 2 is 2.08 bits per heavy atom. The second kappa shape index (κ2) is 7.31. The second-order valence-corrected chi connectivity index (χ2v) is 8.09. The average molecular weight is 357 g/mol. The summed E-state index contributed by atoms with van der Waals surface area (Å²) in [5.74, 6) is 0.865. The van der Waals surface area contributed by atoms with Crippen molar-refractivity contribution in [3.8, 4) is 5.88 Å². The Labute approximate surface area is 142 Å². The van der Waals surface area contributed by atoms with Gasteiger partial charge in [-0.05, 0) is 0 Å². The molecule has 1 atom stereocenters. The monoisotopic (exact) mass is 357 g/mol. The number of nitrogens with zero attached hydrogens (tertiary/aromatic N) is 5. The lowest BCUT2D eigenvalue weighted by molar-refractivity contribution is -0.130. The lowest BCUT2D eigenvalue weighted by Crippen LogP contribution is -2.40. The summed E-state index contributed by atoms with van der Waals surface area (Å²) in [7, 11) is 1.74. The van der Waals surface area contributed by atoms with Crippen LogP contribution in [0.2, 0.25) is 0 Å². The van der Waals surface area contributed by atoms with Gasteiger partial charge >= 0.3 is 0 Å². The number of likely N-dealkylation sites (tertiary alicyclic amines) is 1. The van der Waals surface area contributed by atoms with E-state index < -0.39 is 10.0 Å². The van der Waals surface area contributed by atoms with Crippen LogP contribution in [-0.4, -0.2) is 86.6 Å². The molecule has 2 heterocycles. The third kappa shape index (κ3) is 4.78. The van der Waals surface area contributed by atoms with Crippen molar-refractivity contribution in [2.45, 2.75) is 12.5 Å². The van der Waals surface area contributed by atoms with Gasteiger partial charge in [0.05, 0.1) is 31.7 Å². The predicted molar refractivity (Wildman–Crippen MR) is 89.4 cm³/mol. The highest BCUT2D eigenvalue weighted by atomic mass is 32.2. The number of carbonyl (C=O) groups excluding carboxylic acids is 1. The van der Waals surface area contributed by atoms with Crippen LogP contribution in [0.1, 0.15) is 6.42 Å². The third-order valence-electron chi connectivity index (χ3n) is 3.77. The van der Waals surface area contributed by atoms with Crippen molar-refractivity contribution in [1.29, 1.82) is 0 Å². The highest BCUT2D eigenvalue weighted by molar-refractivity contribution is 7.88. The average Bonchev–Trinajstić information content (AvgIpc) is 2.95. The lowest BCUT2D eigenvalue weighted by atomic mass is 10.3. The summed E-state index contributed by atoms with van der Waals surface area (Å²) >= 11 is 0. The second-order valence-electron chi connectivity index (χ2n) is 6.00. The molecule has 1 amide bonds. The van der Waals surface area contributed by atoms with Crippen LogP contribution in [0.5, 0.6) is 5.88 Å². The molecule has 2 rings (SSSR count). The van der Waals surface area contributed by atoms with Crippen molar-refractivity contribution in [2.75, 3.05) is 51.9 Å². The smallest absolute Gasteiger partial charge is 0.238 e. The van der Waals surface area contributed by atoms with E-state index in [-0.39, 0.29) is 18.6 Å². The van der Waals surface area contributed by atoms with E-state index in [9.17, 15) is 13.2 Å². The van der Waals surface area contributed by atoms with Crippen molar-refractivity contribution in [2.24, 2.45) is 0 Å². The Morgan fingerprint density at radius 1 is 1.38 bits per heavy atom. The van der Waals surface area contributed by atoms with E-state index in [1.807, 2.05) is 19.0 Å². The Balaban J connectivity index is 1.91. The van der Waals surface area contributed by atoms with Crippen LogP contribution in [0.25, 0.3) is 0 Å². The highest BCUT2D eigenvalue weighted by Gasteiger charge is 2.29. The number of aromatic nitrogens is 2. The zero-order valence-corrected chi connectivity index (χ0v) is 15.2. The summed E-state index contributed by atoms with van der Waals surface area (Å²) in [5, 5.41) is 0. The summed E-state index contributed by atoms with van der Waals surface area (Å²) in [6, 6.07) is 0. The molecule has 0 N–H and O–H groups in total. The van der Waals surface area contributed by atoms with E-state index in [1.165, 1.54) is 13.2 Å². The van der Waals surface area contributed by atoms with Crippen molar-refractivity contribution in [3.05, 3.63) is 12.4 Å². The third-order valence-corrected chi connectivity index (χ3v) is 5.03. The van der Waals surface area contributed by atoms with Gasteiger partial charge in [-0.25, -0.2) is 8.42 Å². The Hall–Kier alpha value is -1.94. The van der Waals surface area contributed by atoms with Gasteiger partial charge in [-0.15, -0.1) is 0 Å². The molecule has 9 nitrogen and oxygen atoms in total. The number of sulfonamides is 1. The number of likely N-dealkylation sites (N-methyl/N-ethyl adjacent to an activating group) is 1. The van der Waals surface area contributed by atoms with Gasteiger partial charge in [0.1, 0.15) is 6.10 Å². The molecule has 24 heavy (non-hydrogen) atoms. The minimum Gasteiger partial charge on any atom is -0.471 e. The number of carbonyl (C=O) groups is 1. The van der Waals surface area contributed by atoms with Crippen molar-refractivity contribution in [1.82, 2.24) is 19.2 Å². The fourth-order valence-electron chi connectivity index (χ4n) is 2.24. The summed E-state index contributed by atoms with van der Waals surface area (Å²) in [6.07, 6.45) is 4.74. The molecule has 0 unspecified atom stereocenters. The van der Waals surface area contributed by atoms with E-state index in [4.69, 9.17) is 4.74 Å². The number of amides is 1. The standard InChI is InChI=1S/C14H23N5O4S/c1-17(2)12-7-15-8-13(16-12)23-11-5-6-19(9-11)14(20)10-18(3)24(4,21)22/h7-8,11H,5-6,9-10H2,1-4H3/t11-/m1/s1. The normalized spacial score (nSPS) is 18.0.